The lowest BCUT2D eigenvalue weighted by Crippen LogP contribution is -2.46. The van der Waals surface area contributed by atoms with Crippen LogP contribution in [-0.4, -0.2) is 29.9 Å². The van der Waals surface area contributed by atoms with Gasteiger partial charge in [-0.1, -0.05) is 23.7 Å². The molecule has 5 nitrogen and oxygen atoms in total. The quantitative estimate of drug-likeness (QED) is 0.783. The third kappa shape index (κ3) is 3.47. The van der Waals surface area contributed by atoms with E-state index in [9.17, 15) is 9.90 Å². The van der Waals surface area contributed by atoms with Crippen LogP contribution in [0, 0.1) is 0 Å². The van der Waals surface area contributed by atoms with Gasteiger partial charge in [-0.3, -0.25) is 0 Å². The van der Waals surface area contributed by atoms with Gasteiger partial charge in [0.05, 0.1) is 23.8 Å². The van der Waals surface area contributed by atoms with Gasteiger partial charge in [0.15, 0.2) is 0 Å². The van der Waals surface area contributed by atoms with Crippen molar-refractivity contribution in [2.24, 2.45) is 0 Å². The molecule has 0 radical (unpaired) electrons. The number of carbonyl (C=O) groups excluding carboxylic acids is 1. The van der Waals surface area contributed by atoms with Gasteiger partial charge in [-0.25, -0.2) is 4.79 Å². The van der Waals surface area contributed by atoms with E-state index in [2.05, 4.69) is 10.6 Å². The molecule has 6 heteroatoms. The number of nitrogens with one attached hydrogen (secondary N) is 2. The summed E-state index contributed by atoms with van der Waals surface area (Å²) in [5.41, 5.74) is 0.924. The lowest BCUT2D eigenvalue weighted by atomic mass is 9.93. The molecule has 1 aliphatic heterocycles. The minimum atomic E-state index is -0.217. The first-order chi connectivity index (χ1) is 10.6. The van der Waals surface area contributed by atoms with Crippen LogP contribution in [0.15, 0.2) is 18.2 Å². The highest BCUT2D eigenvalue weighted by atomic mass is 35.5. The van der Waals surface area contributed by atoms with E-state index in [1.165, 1.54) is 0 Å². The van der Waals surface area contributed by atoms with E-state index in [0.29, 0.717) is 17.4 Å². The van der Waals surface area contributed by atoms with Crippen LogP contribution in [0.2, 0.25) is 5.02 Å². The Morgan fingerprint density at radius 2 is 1.95 bits per heavy atom. The fraction of sp³-hybridized carbons (Fsp3) is 0.562. The molecule has 120 valence electrons. The topological polar surface area (TPSA) is 70.6 Å². The molecule has 0 bridgehead atoms. The Balaban J connectivity index is 1.60. The van der Waals surface area contributed by atoms with Crippen molar-refractivity contribution < 1.29 is 14.6 Å². The van der Waals surface area contributed by atoms with E-state index in [-0.39, 0.29) is 24.2 Å². The van der Waals surface area contributed by atoms with Crippen LogP contribution >= 0.6 is 11.6 Å². The monoisotopic (exact) mass is 324 g/mol. The first kappa shape index (κ1) is 15.4. The maximum Gasteiger partial charge on any atom is 0.315 e. The predicted octanol–water partition coefficient (Wildman–Crippen LogP) is 2.77. The Kier molecular flexibility index (Phi) is 4.74. The number of benzene rings is 1. The molecule has 0 saturated heterocycles. The lowest BCUT2D eigenvalue weighted by molar-refractivity contribution is 0.117. The van der Waals surface area contributed by atoms with Gasteiger partial charge < -0.3 is 20.5 Å². The summed E-state index contributed by atoms with van der Waals surface area (Å²) in [7, 11) is 0. The highest BCUT2D eigenvalue weighted by Gasteiger charge is 2.26. The van der Waals surface area contributed by atoms with Gasteiger partial charge in [-0.05, 0) is 31.7 Å². The van der Waals surface area contributed by atoms with Crippen molar-refractivity contribution in [1.29, 1.82) is 0 Å². The molecular formula is C16H21ClN2O3. The largest absolute Gasteiger partial charge is 0.492 e. The molecule has 1 aliphatic carbocycles. The third-order valence-corrected chi connectivity index (χ3v) is 4.66. The number of rotatable bonds is 2. The molecule has 1 aromatic rings. The fourth-order valence-electron chi connectivity index (χ4n) is 3.14. The van der Waals surface area contributed by atoms with Crippen molar-refractivity contribution >= 4 is 17.6 Å². The zero-order valence-corrected chi connectivity index (χ0v) is 13.1. The molecule has 0 spiro atoms. The van der Waals surface area contributed by atoms with Crippen molar-refractivity contribution in [3.8, 4) is 5.75 Å². The highest BCUT2D eigenvalue weighted by Crippen LogP contribution is 2.37. The van der Waals surface area contributed by atoms with E-state index < -0.39 is 0 Å². The van der Waals surface area contributed by atoms with E-state index in [0.717, 1.165) is 37.7 Å². The summed E-state index contributed by atoms with van der Waals surface area (Å²) in [6.45, 7) is 0.539. The van der Waals surface area contributed by atoms with Crippen molar-refractivity contribution in [3.05, 3.63) is 28.8 Å². The standard InChI is InChI=1S/C16H21ClN2O3/c17-13-3-1-2-12-14(8-9-22-15(12)13)19-16(21)18-10-4-6-11(20)7-5-10/h1-3,10-11,14,20H,4-9H2,(H2,18,19,21). The SMILES string of the molecule is O=C(NC1CCC(O)CC1)NC1CCOc2c(Cl)cccc21. The third-order valence-electron chi connectivity index (χ3n) is 4.36. The molecule has 1 unspecified atom stereocenters. The molecule has 3 rings (SSSR count). The zero-order chi connectivity index (χ0) is 15.5. The van der Waals surface area contributed by atoms with E-state index in [4.69, 9.17) is 16.3 Å². The average Bonchev–Trinajstić information content (AvgIpc) is 2.51. The maximum atomic E-state index is 12.2. The number of urea groups is 1. The average molecular weight is 325 g/mol. The predicted molar refractivity (Wildman–Crippen MR) is 84.2 cm³/mol. The van der Waals surface area contributed by atoms with Gasteiger partial charge in [-0.15, -0.1) is 0 Å². The van der Waals surface area contributed by atoms with Gasteiger partial charge in [-0.2, -0.15) is 0 Å². The Morgan fingerprint density at radius 1 is 1.18 bits per heavy atom. The number of fused-ring (bicyclic) bond motifs is 1. The second-order valence-electron chi connectivity index (χ2n) is 5.97. The molecule has 1 saturated carbocycles. The molecule has 2 amide bonds. The number of aliphatic hydroxyl groups is 1. The number of carbonyl (C=O) groups is 1. The number of hydrogen-bond acceptors (Lipinski definition) is 3. The Morgan fingerprint density at radius 3 is 2.73 bits per heavy atom. The number of aliphatic hydroxyl groups excluding tert-OH is 1. The normalized spacial score (nSPS) is 27.5. The van der Waals surface area contributed by atoms with Gasteiger partial charge in [0.2, 0.25) is 0 Å². The molecule has 0 aromatic heterocycles. The molecule has 1 fully saturated rings. The van der Waals surface area contributed by atoms with E-state index >= 15 is 0 Å². The van der Waals surface area contributed by atoms with Gasteiger partial charge in [0.1, 0.15) is 5.75 Å². The van der Waals surface area contributed by atoms with Crippen molar-refractivity contribution in [3.63, 3.8) is 0 Å². The highest BCUT2D eigenvalue weighted by molar-refractivity contribution is 6.32. The van der Waals surface area contributed by atoms with Crippen molar-refractivity contribution in [2.75, 3.05) is 6.61 Å². The Hall–Kier alpha value is -1.46. The number of halogens is 1. The van der Waals surface area contributed by atoms with Crippen LogP contribution < -0.4 is 15.4 Å². The maximum absolute atomic E-state index is 12.2. The van der Waals surface area contributed by atoms with E-state index in [1.54, 1.807) is 6.07 Å². The summed E-state index contributed by atoms with van der Waals surface area (Å²) in [6, 6.07) is 5.47. The van der Waals surface area contributed by atoms with Crippen LogP contribution in [0.5, 0.6) is 5.75 Å². The molecule has 1 heterocycles. The van der Waals surface area contributed by atoms with Gasteiger partial charge in [0.25, 0.3) is 0 Å². The van der Waals surface area contributed by atoms with Gasteiger partial charge in [0, 0.05) is 18.0 Å². The fourth-order valence-corrected chi connectivity index (χ4v) is 3.38. The number of para-hydroxylation sites is 1. The first-order valence-electron chi connectivity index (χ1n) is 7.80. The van der Waals surface area contributed by atoms with Crippen molar-refractivity contribution in [2.45, 2.75) is 50.3 Å². The number of hydrogen-bond donors (Lipinski definition) is 3. The summed E-state index contributed by atoms with van der Waals surface area (Å²) >= 11 is 6.14. The lowest BCUT2D eigenvalue weighted by Gasteiger charge is -2.30. The summed E-state index contributed by atoms with van der Waals surface area (Å²) in [5.74, 6) is 0.668. The van der Waals surface area contributed by atoms with Crippen LogP contribution in [0.25, 0.3) is 0 Å². The number of ether oxygens (including phenoxy) is 1. The second kappa shape index (κ2) is 6.75. The summed E-state index contributed by atoms with van der Waals surface area (Å²) in [5, 5.41) is 16.1. The Bertz CT molecular complexity index is 544. The first-order valence-corrected chi connectivity index (χ1v) is 8.17. The summed E-state index contributed by atoms with van der Waals surface area (Å²) < 4.78 is 5.60. The van der Waals surface area contributed by atoms with Crippen molar-refractivity contribution in [1.82, 2.24) is 10.6 Å². The molecular weight excluding hydrogens is 304 g/mol. The number of amides is 2. The van der Waals surface area contributed by atoms with E-state index in [1.807, 2.05) is 12.1 Å². The summed E-state index contributed by atoms with van der Waals surface area (Å²) in [4.78, 5) is 12.2. The summed E-state index contributed by atoms with van der Waals surface area (Å²) in [6.07, 6.45) is 3.66. The Labute approximate surface area is 135 Å². The molecule has 2 aliphatic rings. The van der Waals surface area contributed by atoms with Crippen LogP contribution in [-0.2, 0) is 0 Å². The molecule has 3 N–H and O–H groups in total. The molecule has 1 atom stereocenters. The molecule has 22 heavy (non-hydrogen) atoms. The second-order valence-corrected chi connectivity index (χ2v) is 6.38. The van der Waals surface area contributed by atoms with Crippen LogP contribution in [0.3, 0.4) is 0 Å². The van der Waals surface area contributed by atoms with Crippen LogP contribution in [0.4, 0.5) is 4.79 Å². The van der Waals surface area contributed by atoms with Crippen LogP contribution in [0.1, 0.15) is 43.7 Å². The van der Waals surface area contributed by atoms with Gasteiger partial charge >= 0.3 is 6.03 Å². The minimum Gasteiger partial charge on any atom is -0.492 e. The molecule has 1 aromatic carbocycles. The minimum absolute atomic E-state index is 0.0865. The smallest absolute Gasteiger partial charge is 0.315 e. The zero-order valence-electron chi connectivity index (χ0n) is 12.3.